The van der Waals surface area contributed by atoms with E-state index in [-0.39, 0.29) is 5.78 Å². The number of fused-ring (bicyclic) bond motifs is 1. The van der Waals surface area contributed by atoms with Crippen LogP contribution in [0.2, 0.25) is 0 Å². The van der Waals surface area contributed by atoms with Crippen molar-refractivity contribution in [3.8, 4) is 11.8 Å². The quantitative estimate of drug-likeness (QED) is 0.729. The summed E-state index contributed by atoms with van der Waals surface area (Å²) in [6, 6.07) is 7.77. The fourth-order valence-corrected chi connectivity index (χ4v) is 2.08. The number of ether oxygens (including phenoxy) is 1. The van der Waals surface area contributed by atoms with Gasteiger partial charge in [-0.3, -0.25) is 4.79 Å². The van der Waals surface area contributed by atoms with E-state index in [1.54, 1.807) is 0 Å². The van der Waals surface area contributed by atoms with Gasteiger partial charge in [0.15, 0.2) is 5.78 Å². The molecule has 3 heteroatoms. The predicted octanol–water partition coefficient (Wildman–Crippen LogP) is 2.89. The molecule has 1 aliphatic rings. The molecule has 0 aliphatic heterocycles. The Morgan fingerprint density at radius 3 is 3.00 bits per heavy atom. The van der Waals surface area contributed by atoms with Crippen LogP contribution in [0.1, 0.15) is 41.6 Å². The van der Waals surface area contributed by atoms with Gasteiger partial charge in [-0.25, -0.2) is 0 Å². The fourth-order valence-electron chi connectivity index (χ4n) is 2.08. The van der Waals surface area contributed by atoms with Crippen molar-refractivity contribution in [1.82, 2.24) is 0 Å². The lowest BCUT2D eigenvalue weighted by Crippen LogP contribution is -2.00. The van der Waals surface area contributed by atoms with Gasteiger partial charge < -0.3 is 4.74 Å². The highest BCUT2D eigenvalue weighted by Gasteiger charge is 2.22. The van der Waals surface area contributed by atoms with Crippen molar-refractivity contribution in [2.24, 2.45) is 0 Å². The zero-order chi connectivity index (χ0) is 12.1. The lowest BCUT2D eigenvalue weighted by atomic mass is 10.1. The van der Waals surface area contributed by atoms with Crippen molar-refractivity contribution in [1.29, 1.82) is 5.26 Å². The number of rotatable bonds is 5. The number of carbonyl (C=O) groups excluding carboxylic acids is 1. The highest BCUT2D eigenvalue weighted by molar-refractivity contribution is 6.01. The number of hydrogen-bond acceptors (Lipinski definition) is 3. The molecule has 1 aromatic rings. The van der Waals surface area contributed by atoms with Gasteiger partial charge in [0.1, 0.15) is 5.75 Å². The van der Waals surface area contributed by atoms with E-state index in [0.717, 1.165) is 36.1 Å². The Bertz CT molecular complexity index is 460. The summed E-state index contributed by atoms with van der Waals surface area (Å²) < 4.78 is 5.68. The Hall–Kier alpha value is -1.82. The van der Waals surface area contributed by atoms with Crippen LogP contribution >= 0.6 is 0 Å². The van der Waals surface area contributed by atoms with Crippen molar-refractivity contribution in [3.05, 3.63) is 29.3 Å². The average molecular weight is 229 g/mol. The van der Waals surface area contributed by atoms with Crippen LogP contribution in [0, 0.1) is 11.3 Å². The summed E-state index contributed by atoms with van der Waals surface area (Å²) in [6.07, 6.45) is 3.72. The van der Waals surface area contributed by atoms with Crippen LogP contribution in [-0.2, 0) is 6.42 Å². The molecule has 0 aromatic heterocycles. The van der Waals surface area contributed by atoms with E-state index in [0.29, 0.717) is 19.4 Å². The standard InChI is InChI=1S/C14H15NO2/c15-9-2-1-3-10-17-14-6-4-5-11-12(14)7-8-13(11)16/h4-6H,1-3,7-8,10H2. The maximum atomic E-state index is 11.5. The van der Waals surface area contributed by atoms with E-state index < -0.39 is 0 Å². The van der Waals surface area contributed by atoms with Gasteiger partial charge in [-0.1, -0.05) is 12.1 Å². The van der Waals surface area contributed by atoms with Gasteiger partial charge in [0, 0.05) is 24.0 Å². The van der Waals surface area contributed by atoms with Crippen molar-refractivity contribution >= 4 is 5.78 Å². The fraction of sp³-hybridized carbons (Fsp3) is 0.429. The first-order chi connectivity index (χ1) is 8.33. The second kappa shape index (κ2) is 5.49. The molecule has 0 N–H and O–H groups in total. The van der Waals surface area contributed by atoms with Gasteiger partial charge in [0.05, 0.1) is 12.7 Å². The van der Waals surface area contributed by atoms with Crippen LogP contribution in [0.15, 0.2) is 18.2 Å². The first kappa shape index (κ1) is 11.7. The van der Waals surface area contributed by atoms with Crippen LogP contribution in [0.5, 0.6) is 5.75 Å². The Morgan fingerprint density at radius 2 is 2.18 bits per heavy atom. The second-order valence-corrected chi connectivity index (χ2v) is 4.17. The summed E-state index contributed by atoms with van der Waals surface area (Å²) >= 11 is 0. The summed E-state index contributed by atoms with van der Waals surface area (Å²) in [5.41, 5.74) is 1.87. The number of ketones is 1. The molecule has 0 saturated heterocycles. The van der Waals surface area contributed by atoms with Crippen LogP contribution in [0.25, 0.3) is 0 Å². The van der Waals surface area contributed by atoms with E-state index in [9.17, 15) is 4.79 Å². The number of benzene rings is 1. The molecule has 0 radical (unpaired) electrons. The molecule has 17 heavy (non-hydrogen) atoms. The predicted molar refractivity (Wildman–Crippen MR) is 64.1 cm³/mol. The molecule has 2 rings (SSSR count). The minimum atomic E-state index is 0.218. The highest BCUT2D eigenvalue weighted by Crippen LogP contribution is 2.30. The Morgan fingerprint density at radius 1 is 1.29 bits per heavy atom. The van der Waals surface area contributed by atoms with E-state index >= 15 is 0 Å². The Labute approximate surface area is 101 Å². The summed E-state index contributed by atoms with van der Waals surface area (Å²) in [5, 5.41) is 8.41. The molecule has 0 fully saturated rings. The van der Waals surface area contributed by atoms with Gasteiger partial charge >= 0.3 is 0 Å². The third-order valence-electron chi connectivity index (χ3n) is 2.98. The zero-order valence-electron chi connectivity index (χ0n) is 9.74. The summed E-state index contributed by atoms with van der Waals surface area (Å²) in [7, 11) is 0. The van der Waals surface area contributed by atoms with Gasteiger partial charge in [-0.2, -0.15) is 5.26 Å². The lowest BCUT2D eigenvalue weighted by Gasteiger charge is -2.09. The molecular weight excluding hydrogens is 214 g/mol. The van der Waals surface area contributed by atoms with E-state index in [2.05, 4.69) is 6.07 Å². The number of nitriles is 1. The van der Waals surface area contributed by atoms with Crippen LogP contribution in [0.4, 0.5) is 0 Å². The molecule has 3 nitrogen and oxygen atoms in total. The van der Waals surface area contributed by atoms with Gasteiger partial charge in [0.2, 0.25) is 0 Å². The largest absolute Gasteiger partial charge is 0.493 e. The summed E-state index contributed by atoms with van der Waals surface area (Å²) in [4.78, 5) is 11.5. The number of hydrogen-bond donors (Lipinski definition) is 0. The van der Waals surface area contributed by atoms with Gasteiger partial charge in [0.25, 0.3) is 0 Å². The van der Waals surface area contributed by atoms with E-state index in [4.69, 9.17) is 10.00 Å². The lowest BCUT2D eigenvalue weighted by molar-refractivity contribution is 0.0994. The maximum absolute atomic E-state index is 11.5. The summed E-state index contributed by atoms with van der Waals surface area (Å²) in [5.74, 6) is 1.06. The Balaban J connectivity index is 1.94. The molecule has 0 amide bonds. The molecule has 0 bridgehead atoms. The van der Waals surface area contributed by atoms with Crippen LogP contribution < -0.4 is 4.74 Å². The van der Waals surface area contributed by atoms with E-state index in [1.165, 1.54) is 0 Å². The molecule has 0 unspecified atom stereocenters. The zero-order valence-corrected chi connectivity index (χ0v) is 9.74. The molecule has 88 valence electrons. The number of carbonyl (C=O) groups is 1. The normalized spacial score (nSPS) is 13.2. The van der Waals surface area contributed by atoms with E-state index in [1.807, 2.05) is 18.2 Å². The third kappa shape index (κ3) is 2.65. The van der Waals surface area contributed by atoms with Crippen molar-refractivity contribution in [3.63, 3.8) is 0 Å². The molecule has 0 heterocycles. The smallest absolute Gasteiger partial charge is 0.163 e. The molecule has 0 atom stereocenters. The van der Waals surface area contributed by atoms with Crippen molar-refractivity contribution in [2.75, 3.05) is 6.61 Å². The second-order valence-electron chi connectivity index (χ2n) is 4.17. The van der Waals surface area contributed by atoms with Gasteiger partial charge in [-0.15, -0.1) is 0 Å². The van der Waals surface area contributed by atoms with Crippen LogP contribution in [-0.4, -0.2) is 12.4 Å². The van der Waals surface area contributed by atoms with Crippen molar-refractivity contribution in [2.45, 2.75) is 32.1 Å². The molecule has 0 spiro atoms. The maximum Gasteiger partial charge on any atom is 0.163 e. The van der Waals surface area contributed by atoms with Gasteiger partial charge in [-0.05, 0) is 25.3 Å². The topological polar surface area (TPSA) is 50.1 Å². The molecule has 1 aliphatic carbocycles. The molecular formula is C14H15NO2. The summed E-state index contributed by atoms with van der Waals surface area (Å²) in [6.45, 7) is 0.617. The highest BCUT2D eigenvalue weighted by atomic mass is 16.5. The SMILES string of the molecule is N#CCCCCOc1cccc2c1CCC2=O. The Kier molecular flexibility index (Phi) is 3.77. The average Bonchev–Trinajstić information content (AvgIpc) is 2.72. The molecule has 0 saturated carbocycles. The number of nitrogens with zero attached hydrogens (tertiary/aromatic N) is 1. The first-order valence-corrected chi connectivity index (χ1v) is 5.98. The van der Waals surface area contributed by atoms with Crippen LogP contribution in [0.3, 0.4) is 0 Å². The monoisotopic (exact) mass is 229 g/mol. The number of unbranched alkanes of at least 4 members (excludes halogenated alkanes) is 2. The first-order valence-electron chi connectivity index (χ1n) is 5.98. The minimum absolute atomic E-state index is 0.218. The minimum Gasteiger partial charge on any atom is -0.493 e. The van der Waals surface area contributed by atoms with Crippen molar-refractivity contribution < 1.29 is 9.53 Å². The molecule has 1 aromatic carbocycles. The number of Topliss-reactive ketones (excluding diaryl/α,β-unsaturated/α-hetero) is 1. The third-order valence-corrected chi connectivity index (χ3v) is 2.98.